The summed E-state index contributed by atoms with van der Waals surface area (Å²) in [5, 5.41) is 2.92. The van der Waals surface area contributed by atoms with Crippen LogP contribution < -0.4 is 5.32 Å². The number of imide groups is 1. The summed E-state index contributed by atoms with van der Waals surface area (Å²) < 4.78 is 5.36. The number of esters is 1. The molecule has 8 nitrogen and oxygen atoms in total. The van der Waals surface area contributed by atoms with Crippen molar-refractivity contribution in [2.75, 3.05) is 12.8 Å². The van der Waals surface area contributed by atoms with Crippen LogP contribution in [0.4, 0.5) is 4.79 Å². The minimum absolute atomic E-state index is 0.0503. The van der Waals surface area contributed by atoms with Crippen LogP contribution in [0.15, 0.2) is 59.6 Å². The van der Waals surface area contributed by atoms with Crippen molar-refractivity contribution in [2.45, 2.75) is 32.3 Å². The topological polar surface area (TPSA) is 91.3 Å². The molecule has 166 valence electrons. The lowest BCUT2D eigenvalue weighted by Crippen LogP contribution is -2.63. The van der Waals surface area contributed by atoms with E-state index in [1.165, 1.54) is 16.7 Å². The molecule has 0 aliphatic carbocycles. The number of benzene rings is 2. The molecule has 1 N–H and O–H groups in total. The van der Waals surface area contributed by atoms with E-state index in [2.05, 4.69) is 10.3 Å². The third-order valence-electron chi connectivity index (χ3n) is 5.32. The van der Waals surface area contributed by atoms with Crippen molar-refractivity contribution in [1.82, 2.24) is 15.1 Å². The number of ether oxygens (including phenoxy) is 1. The van der Waals surface area contributed by atoms with E-state index in [1.807, 2.05) is 66.4 Å². The molecule has 9 heteroatoms. The number of nitrogens with zero attached hydrogens (tertiary/aromatic N) is 3. The Hall–Kier alpha value is -3.33. The van der Waals surface area contributed by atoms with Gasteiger partial charge in [0.15, 0.2) is 17.4 Å². The van der Waals surface area contributed by atoms with Gasteiger partial charge in [0.2, 0.25) is 0 Å². The second kappa shape index (κ2) is 9.44. The summed E-state index contributed by atoms with van der Waals surface area (Å²) >= 11 is 1.21. The minimum Gasteiger partial charge on any atom is -0.460 e. The van der Waals surface area contributed by atoms with Crippen molar-refractivity contribution in [3.63, 3.8) is 0 Å². The highest BCUT2D eigenvalue weighted by Gasteiger charge is 2.48. The van der Waals surface area contributed by atoms with E-state index >= 15 is 0 Å². The van der Waals surface area contributed by atoms with Crippen molar-refractivity contribution in [3.05, 3.63) is 71.3 Å². The number of likely N-dealkylation sites (N-methyl/N-ethyl adjacent to an activating group) is 1. The van der Waals surface area contributed by atoms with E-state index in [0.29, 0.717) is 11.7 Å². The maximum Gasteiger partial charge on any atom is 0.325 e. The number of carbonyl (C=O) groups is 3. The lowest BCUT2D eigenvalue weighted by Gasteiger charge is -2.36. The molecule has 2 aliphatic rings. The number of hydrogen-bond acceptors (Lipinski definition) is 7. The highest BCUT2D eigenvalue weighted by molar-refractivity contribution is 8.14. The third kappa shape index (κ3) is 4.77. The van der Waals surface area contributed by atoms with E-state index < -0.39 is 24.1 Å². The standard InChI is InChI=1S/C23H24N4O4S/c1-15-7-6-10-17(11-15)12-27-19-20(26(2)22(30)25-21(19)29)24-23(27)32-14-18(28)31-13-16-8-4-3-5-9-16/h3-11,19-20H,12-14H2,1-2H3,(H,25,29,30). The van der Waals surface area contributed by atoms with Crippen LogP contribution in [0, 0.1) is 6.92 Å². The number of rotatable bonds is 6. The fourth-order valence-corrected chi connectivity index (χ4v) is 4.55. The molecule has 2 atom stereocenters. The molecule has 2 heterocycles. The summed E-state index contributed by atoms with van der Waals surface area (Å²) in [6, 6.07) is 16.3. The predicted molar refractivity (Wildman–Crippen MR) is 122 cm³/mol. The number of hydrogen-bond donors (Lipinski definition) is 1. The largest absolute Gasteiger partial charge is 0.460 e. The molecular weight excluding hydrogens is 428 g/mol. The molecule has 2 aliphatic heterocycles. The Labute approximate surface area is 190 Å². The third-order valence-corrected chi connectivity index (χ3v) is 6.30. The summed E-state index contributed by atoms with van der Waals surface area (Å²) in [6.07, 6.45) is -0.635. The Morgan fingerprint density at radius 2 is 1.88 bits per heavy atom. The zero-order valence-corrected chi connectivity index (χ0v) is 18.7. The number of urea groups is 1. The van der Waals surface area contributed by atoms with E-state index in [-0.39, 0.29) is 18.3 Å². The van der Waals surface area contributed by atoms with Gasteiger partial charge in [-0.25, -0.2) is 9.79 Å². The SMILES string of the molecule is Cc1cccc(CN2C(SCC(=O)OCc3ccccc3)=NC3C2C(=O)NC(=O)N3C)c1. The highest BCUT2D eigenvalue weighted by atomic mass is 32.2. The van der Waals surface area contributed by atoms with Crippen molar-refractivity contribution in [3.8, 4) is 0 Å². The Morgan fingerprint density at radius 3 is 2.62 bits per heavy atom. The van der Waals surface area contributed by atoms with Crippen molar-refractivity contribution in [2.24, 2.45) is 4.99 Å². The van der Waals surface area contributed by atoms with Gasteiger partial charge in [-0.2, -0.15) is 0 Å². The van der Waals surface area contributed by atoms with Gasteiger partial charge in [0.1, 0.15) is 6.61 Å². The number of thioether (sulfide) groups is 1. The van der Waals surface area contributed by atoms with E-state index in [4.69, 9.17) is 4.74 Å². The van der Waals surface area contributed by atoms with E-state index in [0.717, 1.165) is 16.7 Å². The van der Waals surface area contributed by atoms with Crippen LogP contribution >= 0.6 is 11.8 Å². The zero-order chi connectivity index (χ0) is 22.7. The molecule has 32 heavy (non-hydrogen) atoms. The number of aryl methyl sites for hydroxylation is 1. The molecule has 1 fully saturated rings. The molecule has 1 saturated heterocycles. The van der Waals surface area contributed by atoms with Gasteiger partial charge in [-0.05, 0) is 18.1 Å². The molecule has 0 spiro atoms. The second-order valence-corrected chi connectivity index (χ2v) is 8.67. The summed E-state index contributed by atoms with van der Waals surface area (Å²) in [5.41, 5.74) is 3.03. The molecule has 2 unspecified atom stereocenters. The molecule has 3 amide bonds. The van der Waals surface area contributed by atoms with E-state index in [9.17, 15) is 14.4 Å². The molecule has 0 saturated carbocycles. The zero-order valence-electron chi connectivity index (χ0n) is 17.9. The van der Waals surface area contributed by atoms with Crippen molar-refractivity contribution in [1.29, 1.82) is 0 Å². The number of amidine groups is 1. The van der Waals surface area contributed by atoms with Crippen LogP contribution in [0.5, 0.6) is 0 Å². The Kier molecular flexibility index (Phi) is 6.45. The second-order valence-electron chi connectivity index (χ2n) is 7.73. The molecule has 4 rings (SSSR count). The molecule has 0 bridgehead atoms. The number of amides is 3. The Morgan fingerprint density at radius 1 is 1.12 bits per heavy atom. The summed E-state index contributed by atoms with van der Waals surface area (Å²) in [5.74, 6) is -0.716. The van der Waals surface area contributed by atoms with Gasteiger partial charge in [0, 0.05) is 13.6 Å². The first-order chi connectivity index (χ1) is 15.4. The molecule has 2 aromatic carbocycles. The van der Waals surface area contributed by atoms with E-state index in [1.54, 1.807) is 7.05 Å². The van der Waals surface area contributed by atoms with Gasteiger partial charge in [0.25, 0.3) is 5.91 Å². The number of carbonyl (C=O) groups excluding carboxylic acids is 3. The lowest BCUT2D eigenvalue weighted by molar-refractivity contribution is -0.141. The lowest BCUT2D eigenvalue weighted by atomic mass is 10.1. The molecular formula is C23H24N4O4S. The highest BCUT2D eigenvalue weighted by Crippen LogP contribution is 2.30. The maximum atomic E-state index is 12.7. The van der Waals surface area contributed by atoms with Crippen LogP contribution in [-0.2, 0) is 27.5 Å². The number of fused-ring (bicyclic) bond motifs is 1. The van der Waals surface area contributed by atoms with Gasteiger partial charge in [0.05, 0.1) is 5.75 Å². The van der Waals surface area contributed by atoms with Gasteiger partial charge < -0.3 is 14.5 Å². The number of nitrogens with one attached hydrogen (secondary N) is 1. The summed E-state index contributed by atoms with van der Waals surface area (Å²) in [4.78, 5) is 45.0. The average molecular weight is 453 g/mol. The number of aliphatic imine (C=N–C) groups is 1. The first-order valence-corrected chi connectivity index (χ1v) is 11.2. The van der Waals surface area contributed by atoms with Gasteiger partial charge in [-0.1, -0.05) is 71.9 Å². The molecule has 0 aromatic heterocycles. The summed E-state index contributed by atoms with van der Waals surface area (Å²) in [7, 11) is 1.61. The van der Waals surface area contributed by atoms with Crippen LogP contribution in [0.25, 0.3) is 0 Å². The quantitative estimate of drug-likeness (QED) is 0.678. The average Bonchev–Trinajstić information content (AvgIpc) is 3.14. The minimum atomic E-state index is -0.652. The maximum absolute atomic E-state index is 12.7. The van der Waals surface area contributed by atoms with Gasteiger partial charge in [-0.3, -0.25) is 14.9 Å². The Bertz CT molecular complexity index is 1060. The molecule has 2 aromatic rings. The monoisotopic (exact) mass is 452 g/mol. The predicted octanol–water partition coefficient (Wildman–Crippen LogP) is 2.52. The fourth-order valence-electron chi connectivity index (χ4n) is 3.70. The van der Waals surface area contributed by atoms with Crippen LogP contribution in [-0.4, -0.2) is 57.9 Å². The fraction of sp³-hybridized carbons (Fsp3) is 0.304. The van der Waals surface area contributed by atoms with Crippen LogP contribution in [0.3, 0.4) is 0 Å². The smallest absolute Gasteiger partial charge is 0.325 e. The first-order valence-electron chi connectivity index (χ1n) is 10.2. The Balaban J connectivity index is 1.47. The molecule has 0 radical (unpaired) electrons. The normalized spacial score (nSPS) is 20.0. The summed E-state index contributed by atoms with van der Waals surface area (Å²) in [6.45, 7) is 2.64. The van der Waals surface area contributed by atoms with Crippen molar-refractivity contribution < 1.29 is 19.1 Å². The van der Waals surface area contributed by atoms with Gasteiger partial charge in [-0.15, -0.1) is 0 Å². The first kappa shape index (κ1) is 21.9. The van der Waals surface area contributed by atoms with Gasteiger partial charge >= 0.3 is 12.0 Å². The van der Waals surface area contributed by atoms with Crippen LogP contribution in [0.2, 0.25) is 0 Å². The van der Waals surface area contributed by atoms with Crippen LogP contribution in [0.1, 0.15) is 16.7 Å². The van der Waals surface area contributed by atoms with Crippen molar-refractivity contribution >= 4 is 34.8 Å².